The number of thioether (sulfide) groups is 1. The zero-order chi connectivity index (χ0) is 34.9. The molecule has 4 aromatic carbocycles. The minimum absolute atomic E-state index is 0.220. The molecular weight excluding hydrogens is 679 g/mol. The molecule has 1 saturated heterocycles. The van der Waals surface area contributed by atoms with E-state index in [1.807, 2.05) is 49.4 Å². The van der Waals surface area contributed by atoms with Crippen molar-refractivity contribution in [2.75, 3.05) is 30.0 Å². The maximum Gasteiger partial charge on any atom is 0.338 e. The number of imide groups is 1. The van der Waals surface area contributed by atoms with Gasteiger partial charge in [0.15, 0.2) is 18.1 Å². The summed E-state index contributed by atoms with van der Waals surface area (Å²) in [5, 5.41) is 4.65. The summed E-state index contributed by atoms with van der Waals surface area (Å²) in [5.74, 6) is -2.49. The molecule has 11 nitrogen and oxygen atoms in total. The molecule has 50 heavy (non-hydrogen) atoms. The fraction of sp³-hybridized carbons (Fsp3) is 0.216. The average Bonchev–Trinajstić information content (AvgIpc) is 3.61. The molecule has 3 unspecified atom stereocenters. The lowest BCUT2D eigenvalue weighted by Gasteiger charge is -2.30. The number of aromatic nitrogens is 1. The van der Waals surface area contributed by atoms with Gasteiger partial charge in [0.2, 0.25) is 11.8 Å². The van der Waals surface area contributed by atoms with Crippen LogP contribution in [0.5, 0.6) is 11.5 Å². The molecule has 0 radical (unpaired) electrons. The topological polar surface area (TPSA) is 144 Å². The number of rotatable bonds is 10. The quantitative estimate of drug-likeness (QED) is 0.132. The number of ether oxygens (including phenoxy) is 3. The summed E-state index contributed by atoms with van der Waals surface area (Å²) in [4.78, 5) is 70.0. The zero-order valence-electron chi connectivity index (χ0n) is 27.0. The van der Waals surface area contributed by atoms with Crippen LogP contribution in [0.1, 0.15) is 40.6 Å². The van der Waals surface area contributed by atoms with Crippen LogP contribution in [0.3, 0.4) is 0 Å². The Morgan fingerprint density at radius 1 is 0.840 bits per heavy atom. The molecule has 7 rings (SSSR count). The van der Waals surface area contributed by atoms with Crippen LogP contribution in [-0.4, -0.2) is 53.7 Å². The standard InChI is InChI=1S/C37H31N3O8S2/c1-3-46-27-18-23(12-16-26(27)48-19-28(41)38-24-13-9-20-7-5-6-8-22(20)17-24)29-30-32(49-33-31(29)50-37(45)39-33)35(43)40(34(30)42)25-14-10-21(11-15-25)36(44)47-4-2/h5-18,29-30,32H,3-4,19H2,1-2H3,(H,38,41)(H,39,45). The van der Waals surface area contributed by atoms with Crippen LogP contribution in [-0.2, 0) is 19.1 Å². The summed E-state index contributed by atoms with van der Waals surface area (Å²) in [6.07, 6.45) is 0. The molecule has 3 heterocycles. The van der Waals surface area contributed by atoms with Crippen molar-refractivity contribution in [1.82, 2.24) is 4.98 Å². The number of hydrogen-bond acceptors (Lipinski definition) is 10. The molecule has 1 fully saturated rings. The van der Waals surface area contributed by atoms with Gasteiger partial charge in [-0.15, -0.1) is 0 Å². The van der Waals surface area contributed by atoms with Crippen LogP contribution in [0.4, 0.5) is 11.4 Å². The predicted octanol–water partition coefficient (Wildman–Crippen LogP) is 5.98. The number of nitrogens with one attached hydrogen (secondary N) is 2. The van der Waals surface area contributed by atoms with Crippen molar-refractivity contribution in [3.63, 3.8) is 0 Å². The largest absolute Gasteiger partial charge is 0.490 e. The van der Waals surface area contributed by atoms with Gasteiger partial charge in [-0.1, -0.05) is 59.5 Å². The third-order valence-corrected chi connectivity index (χ3v) is 10.9. The van der Waals surface area contributed by atoms with Crippen LogP contribution in [0.15, 0.2) is 94.7 Å². The Morgan fingerprint density at radius 3 is 2.38 bits per heavy atom. The highest BCUT2D eigenvalue weighted by molar-refractivity contribution is 8.00. The lowest BCUT2D eigenvalue weighted by atomic mass is 9.83. The Morgan fingerprint density at radius 2 is 1.62 bits per heavy atom. The van der Waals surface area contributed by atoms with Crippen molar-refractivity contribution in [2.24, 2.45) is 5.92 Å². The van der Waals surface area contributed by atoms with E-state index in [0.29, 0.717) is 50.5 Å². The Labute approximate surface area is 294 Å². The van der Waals surface area contributed by atoms with E-state index in [4.69, 9.17) is 14.2 Å². The molecule has 0 aliphatic carbocycles. The van der Waals surface area contributed by atoms with Gasteiger partial charge >= 0.3 is 10.8 Å². The van der Waals surface area contributed by atoms with Gasteiger partial charge in [0, 0.05) is 16.5 Å². The van der Waals surface area contributed by atoms with E-state index in [1.54, 1.807) is 37.3 Å². The summed E-state index contributed by atoms with van der Waals surface area (Å²) in [6.45, 7) is 3.76. The smallest absolute Gasteiger partial charge is 0.338 e. The fourth-order valence-corrected chi connectivity index (χ4v) is 8.82. The molecule has 13 heteroatoms. The second-order valence-electron chi connectivity index (χ2n) is 11.6. The molecule has 2 aliphatic heterocycles. The minimum Gasteiger partial charge on any atom is -0.490 e. The number of H-pyrrole nitrogens is 1. The predicted molar refractivity (Wildman–Crippen MR) is 190 cm³/mol. The third-order valence-electron chi connectivity index (χ3n) is 8.48. The molecule has 0 saturated carbocycles. The van der Waals surface area contributed by atoms with E-state index in [9.17, 15) is 24.0 Å². The molecule has 0 spiro atoms. The number of nitrogens with zero attached hydrogens (tertiary/aromatic N) is 1. The second-order valence-corrected chi connectivity index (χ2v) is 13.7. The Hall–Kier alpha value is -5.40. The van der Waals surface area contributed by atoms with Crippen molar-refractivity contribution in [1.29, 1.82) is 0 Å². The third kappa shape index (κ3) is 6.25. The first kappa shape index (κ1) is 33.1. The molecule has 3 amide bonds. The number of esters is 1. The zero-order valence-corrected chi connectivity index (χ0v) is 28.6. The number of amides is 3. The Balaban J connectivity index is 1.15. The molecule has 2 aliphatic rings. The summed E-state index contributed by atoms with van der Waals surface area (Å²) >= 11 is 2.17. The van der Waals surface area contributed by atoms with Gasteiger partial charge in [0.1, 0.15) is 5.25 Å². The van der Waals surface area contributed by atoms with Gasteiger partial charge in [0.25, 0.3) is 5.91 Å². The van der Waals surface area contributed by atoms with Crippen LogP contribution >= 0.6 is 23.1 Å². The fourth-order valence-electron chi connectivity index (χ4n) is 6.30. The highest BCUT2D eigenvalue weighted by Crippen LogP contribution is 2.53. The number of anilines is 2. The Bertz CT molecular complexity index is 2200. The first-order valence-electron chi connectivity index (χ1n) is 16.0. The number of benzene rings is 4. The molecule has 1 aromatic heterocycles. The molecule has 5 aromatic rings. The van der Waals surface area contributed by atoms with E-state index in [2.05, 4.69) is 10.3 Å². The van der Waals surface area contributed by atoms with Crippen molar-refractivity contribution in [3.8, 4) is 11.5 Å². The second kappa shape index (κ2) is 13.8. The molecule has 0 bridgehead atoms. The molecule has 2 N–H and O–H groups in total. The highest BCUT2D eigenvalue weighted by Gasteiger charge is 2.56. The lowest BCUT2D eigenvalue weighted by Crippen LogP contribution is -2.32. The maximum atomic E-state index is 14.2. The monoisotopic (exact) mass is 709 g/mol. The summed E-state index contributed by atoms with van der Waals surface area (Å²) < 4.78 is 16.9. The summed E-state index contributed by atoms with van der Waals surface area (Å²) in [5.41, 5.74) is 1.92. The summed E-state index contributed by atoms with van der Waals surface area (Å²) in [6, 6.07) is 24.8. The molecule has 3 atom stereocenters. The molecule has 254 valence electrons. The van der Waals surface area contributed by atoms with Gasteiger partial charge in [-0.3, -0.25) is 19.2 Å². The number of hydrogen-bond donors (Lipinski definition) is 2. The van der Waals surface area contributed by atoms with Crippen molar-refractivity contribution >= 4 is 68.9 Å². The van der Waals surface area contributed by atoms with Crippen molar-refractivity contribution in [2.45, 2.75) is 30.0 Å². The van der Waals surface area contributed by atoms with Crippen LogP contribution in [0.2, 0.25) is 0 Å². The number of carbonyl (C=O) groups is 4. The first-order chi connectivity index (χ1) is 24.2. The van der Waals surface area contributed by atoms with Gasteiger partial charge < -0.3 is 24.5 Å². The van der Waals surface area contributed by atoms with E-state index < -0.39 is 34.9 Å². The maximum absolute atomic E-state index is 14.2. The normalized spacial score (nSPS) is 18.0. The molecular formula is C37H31N3O8S2. The van der Waals surface area contributed by atoms with E-state index in [0.717, 1.165) is 27.0 Å². The number of carbonyl (C=O) groups excluding carboxylic acids is 4. The lowest BCUT2D eigenvalue weighted by molar-refractivity contribution is -0.122. The van der Waals surface area contributed by atoms with Crippen LogP contribution < -0.4 is 24.6 Å². The highest BCUT2D eigenvalue weighted by atomic mass is 32.2. The van der Waals surface area contributed by atoms with Crippen LogP contribution in [0.25, 0.3) is 10.8 Å². The van der Waals surface area contributed by atoms with Crippen molar-refractivity contribution in [3.05, 3.63) is 111 Å². The summed E-state index contributed by atoms with van der Waals surface area (Å²) in [7, 11) is 0. The Kier molecular flexibility index (Phi) is 9.17. The van der Waals surface area contributed by atoms with E-state index in [-0.39, 0.29) is 24.0 Å². The van der Waals surface area contributed by atoms with Crippen molar-refractivity contribution < 1.29 is 33.4 Å². The number of fused-ring (bicyclic) bond motifs is 3. The van der Waals surface area contributed by atoms with E-state index >= 15 is 0 Å². The number of thiazole rings is 1. The van der Waals surface area contributed by atoms with E-state index in [1.165, 1.54) is 23.9 Å². The minimum atomic E-state index is -0.829. The number of aromatic amines is 1. The van der Waals surface area contributed by atoms with Crippen LogP contribution in [0, 0.1) is 5.92 Å². The van der Waals surface area contributed by atoms with Gasteiger partial charge in [-0.2, -0.15) is 0 Å². The van der Waals surface area contributed by atoms with Gasteiger partial charge in [-0.25, -0.2) is 9.69 Å². The van der Waals surface area contributed by atoms with Gasteiger partial charge in [0.05, 0.1) is 35.4 Å². The average molecular weight is 710 g/mol. The van der Waals surface area contributed by atoms with Gasteiger partial charge in [-0.05, 0) is 78.7 Å². The first-order valence-corrected chi connectivity index (χ1v) is 17.7. The SMILES string of the molecule is CCOC(=O)c1ccc(N2C(=O)C3Sc4[nH]c(=O)sc4C(c4ccc(OCC(=O)Nc5ccc6ccccc6c5)c(OCC)c4)C3C2=O)cc1.